The van der Waals surface area contributed by atoms with Crippen molar-refractivity contribution in [2.45, 2.75) is 26.7 Å². The van der Waals surface area contributed by atoms with E-state index in [1.165, 1.54) is 0 Å². The van der Waals surface area contributed by atoms with Crippen LogP contribution in [0.2, 0.25) is 0 Å². The fraction of sp³-hybridized carbons (Fsp3) is 0.750. The summed E-state index contributed by atoms with van der Waals surface area (Å²) < 4.78 is 5.20. The van der Waals surface area contributed by atoms with Gasteiger partial charge in [-0.3, -0.25) is 4.79 Å². The van der Waals surface area contributed by atoms with Crippen molar-refractivity contribution in [1.29, 1.82) is 0 Å². The van der Waals surface area contributed by atoms with Gasteiger partial charge in [0.2, 0.25) is 5.91 Å². The molecule has 3 nitrogen and oxygen atoms in total. The van der Waals surface area contributed by atoms with Crippen molar-refractivity contribution in [2.75, 3.05) is 26.3 Å². The van der Waals surface area contributed by atoms with E-state index >= 15 is 0 Å². The highest BCUT2D eigenvalue weighted by molar-refractivity contribution is 5.87. The van der Waals surface area contributed by atoms with Crippen LogP contribution in [0.25, 0.3) is 0 Å². The van der Waals surface area contributed by atoms with Crippen LogP contribution in [-0.4, -0.2) is 37.1 Å². The summed E-state index contributed by atoms with van der Waals surface area (Å²) >= 11 is 0. The van der Waals surface area contributed by atoms with E-state index in [0.29, 0.717) is 19.1 Å². The van der Waals surface area contributed by atoms with Crippen LogP contribution < -0.4 is 0 Å². The first-order valence-electron chi connectivity index (χ1n) is 5.79. The molecule has 0 saturated carbocycles. The normalized spacial score (nSPS) is 19.5. The molecule has 0 aliphatic carbocycles. The predicted octanol–water partition coefficient (Wildman–Crippen LogP) is 1.84. The number of hydrogen-bond donors (Lipinski definition) is 0. The molecule has 0 radical (unpaired) electrons. The first-order valence-corrected chi connectivity index (χ1v) is 5.79. The molecule has 1 heterocycles. The molecule has 1 rings (SSSR count). The van der Waals surface area contributed by atoms with E-state index in [2.05, 4.69) is 13.8 Å². The average molecular weight is 211 g/mol. The van der Waals surface area contributed by atoms with Crippen molar-refractivity contribution >= 4 is 5.91 Å². The van der Waals surface area contributed by atoms with Gasteiger partial charge >= 0.3 is 0 Å². The third-order valence-corrected chi connectivity index (χ3v) is 2.63. The molecule has 1 aliphatic rings. The van der Waals surface area contributed by atoms with Gasteiger partial charge < -0.3 is 9.64 Å². The van der Waals surface area contributed by atoms with Gasteiger partial charge in [0.1, 0.15) is 0 Å². The van der Waals surface area contributed by atoms with Crippen molar-refractivity contribution in [2.24, 2.45) is 5.92 Å². The average Bonchev–Trinajstić information content (AvgIpc) is 2.27. The van der Waals surface area contributed by atoms with Crippen LogP contribution in [0.5, 0.6) is 0 Å². The fourth-order valence-corrected chi connectivity index (χ4v) is 1.69. The van der Waals surface area contributed by atoms with Gasteiger partial charge in [0.05, 0.1) is 13.2 Å². The molecule has 1 fully saturated rings. The van der Waals surface area contributed by atoms with Gasteiger partial charge in [0.25, 0.3) is 0 Å². The Labute approximate surface area is 92.1 Å². The van der Waals surface area contributed by atoms with Crippen molar-refractivity contribution in [1.82, 2.24) is 4.90 Å². The molecule has 0 spiro atoms. The van der Waals surface area contributed by atoms with Crippen LogP contribution in [0, 0.1) is 5.92 Å². The second-order valence-corrected chi connectivity index (χ2v) is 4.06. The number of carbonyl (C=O) groups is 1. The SMILES string of the molecule is CCCC(C)/C=C/C(=O)N1CCOCC1. The van der Waals surface area contributed by atoms with Crippen LogP contribution >= 0.6 is 0 Å². The van der Waals surface area contributed by atoms with Crippen molar-refractivity contribution in [3.8, 4) is 0 Å². The number of rotatable bonds is 4. The highest BCUT2D eigenvalue weighted by atomic mass is 16.5. The molecule has 0 aromatic heterocycles. The zero-order valence-corrected chi connectivity index (χ0v) is 9.74. The zero-order valence-electron chi connectivity index (χ0n) is 9.74. The lowest BCUT2D eigenvalue weighted by molar-refractivity contribution is -0.130. The highest BCUT2D eigenvalue weighted by Crippen LogP contribution is 2.07. The van der Waals surface area contributed by atoms with E-state index in [9.17, 15) is 4.79 Å². The topological polar surface area (TPSA) is 29.5 Å². The van der Waals surface area contributed by atoms with Gasteiger partial charge in [0.15, 0.2) is 0 Å². The van der Waals surface area contributed by atoms with Crippen LogP contribution in [-0.2, 0) is 9.53 Å². The molecule has 1 aliphatic heterocycles. The maximum Gasteiger partial charge on any atom is 0.246 e. The fourth-order valence-electron chi connectivity index (χ4n) is 1.69. The third-order valence-electron chi connectivity index (χ3n) is 2.63. The number of allylic oxidation sites excluding steroid dienone is 1. The molecular formula is C12H21NO2. The standard InChI is InChI=1S/C12H21NO2/c1-3-4-11(2)5-6-12(14)13-7-9-15-10-8-13/h5-6,11H,3-4,7-10H2,1-2H3/b6-5+. The Balaban J connectivity index is 2.33. The Bertz CT molecular complexity index is 220. The van der Waals surface area contributed by atoms with Crippen LogP contribution in [0.4, 0.5) is 0 Å². The summed E-state index contributed by atoms with van der Waals surface area (Å²) in [6.45, 7) is 7.10. The Hall–Kier alpha value is -0.830. The van der Waals surface area contributed by atoms with Gasteiger partial charge in [0, 0.05) is 13.1 Å². The number of nitrogens with zero attached hydrogens (tertiary/aromatic N) is 1. The molecule has 1 unspecified atom stereocenters. The number of ether oxygens (including phenoxy) is 1. The highest BCUT2D eigenvalue weighted by Gasteiger charge is 2.13. The molecule has 1 atom stereocenters. The van der Waals surface area contributed by atoms with Crippen LogP contribution in [0.15, 0.2) is 12.2 Å². The van der Waals surface area contributed by atoms with Crippen molar-refractivity contribution in [3.05, 3.63) is 12.2 Å². The number of hydrogen-bond acceptors (Lipinski definition) is 2. The van der Waals surface area contributed by atoms with E-state index in [1.54, 1.807) is 6.08 Å². The van der Waals surface area contributed by atoms with Gasteiger partial charge in [-0.25, -0.2) is 0 Å². The molecule has 0 N–H and O–H groups in total. The molecule has 86 valence electrons. The van der Waals surface area contributed by atoms with E-state index in [0.717, 1.165) is 25.9 Å². The second kappa shape index (κ2) is 6.62. The number of amides is 1. The summed E-state index contributed by atoms with van der Waals surface area (Å²) in [7, 11) is 0. The second-order valence-electron chi connectivity index (χ2n) is 4.06. The van der Waals surface area contributed by atoms with Crippen LogP contribution in [0.1, 0.15) is 26.7 Å². The summed E-state index contributed by atoms with van der Waals surface area (Å²) in [6.07, 6.45) is 6.04. The Morgan fingerprint density at radius 1 is 1.47 bits per heavy atom. The van der Waals surface area contributed by atoms with E-state index < -0.39 is 0 Å². The van der Waals surface area contributed by atoms with Crippen molar-refractivity contribution < 1.29 is 9.53 Å². The molecular weight excluding hydrogens is 190 g/mol. The molecule has 0 aromatic carbocycles. The minimum absolute atomic E-state index is 0.126. The minimum Gasteiger partial charge on any atom is -0.378 e. The molecule has 3 heteroatoms. The zero-order chi connectivity index (χ0) is 11.1. The largest absolute Gasteiger partial charge is 0.378 e. The third kappa shape index (κ3) is 4.47. The number of carbonyl (C=O) groups excluding carboxylic acids is 1. The smallest absolute Gasteiger partial charge is 0.246 e. The summed E-state index contributed by atoms with van der Waals surface area (Å²) in [5, 5.41) is 0. The predicted molar refractivity (Wildman–Crippen MR) is 60.6 cm³/mol. The molecule has 0 bridgehead atoms. The molecule has 0 aromatic rings. The maximum absolute atomic E-state index is 11.7. The van der Waals surface area contributed by atoms with Gasteiger partial charge in [-0.1, -0.05) is 26.3 Å². The Kier molecular flexibility index (Phi) is 5.40. The van der Waals surface area contributed by atoms with Gasteiger partial charge in [-0.2, -0.15) is 0 Å². The first-order chi connectivity index (χ1) is 7.24. The van der Waals surface area contributed by atoms with E-state index in [-0.39, 0.29) is 5.91 Å². The Morgan fingerprint density at radius 2 is 2.13 bits per heavy atom. The van der Waals surface area contributed by atoms with E-state index in [4.69, 9.17) is 4.74 Å². The first kappa shape index (κ1) is 12.2. The lowest BCUT2D eigenvalue weighted by Gasteiger charge is -2.25. The monoisotopic (exact) mass is 211 g/mol. The van der Waals surface area contributed by atoms with Gasteiger partial charge in [-0.05, 0) is 18.4 Å². The van der Waals surface area contributed by atoms with Crippen LogP contribution in [0.3, 0.4) is 0 Å². The maximum atomic E-state index is 11.7. The minimum atomic E-state index is 0.126. The lowest BCUT2D eigenvalue weighted by Crippen LogP contribution is -2.39. The molecule has 15 heavy (non-hydrogen) atoms. The molecule has 1 saturated heterocycles. The summed E-state index contributed by atoms with van der Waals surface area (Å²) in [4.78, 5) is 13.5. The number of morpholine rings is 1. The lowest BCUT2D eigenvalue weighted by atomic mass is 10.1. The summed E-state index contributed by atoms with van der Waals surface area (Å²) in [5.41, 5.74) is 0. The Morgan fingerprint density at radius 3 is 2.73 bits per heavy atom. The molecule has 1 amide bonds. The van der Waals surface area contributed by atoms with Gasteiger partial charge in [-0.15, -0.1) is 0 Å². The van der Waals surface area contributed by atoms with Crippen molar-refractivity contribution in [3.63, 3.8) is 0 Å². The summed E-state index contributed by atoms with van der Waals surface area (Å²) in [5.74, 6) is 0.626. The summed E-state index contributed by atoms with van der Waals surface area (Å²) in [6, 6.07) is 0. The quantitative estimate of drug-likeness (QED) is 0.664. The van der Waals surface area contributed by atoms with E-state index in [1.807, 2.05) is 11.0 Å².